The van der Waals surface area contributed by atoms with Gasteiger partial charge in [-0.1, -0.05) is 5.16 Å². The van der Waals surface area contributed by atoms with Crippen LogP contribution in [-0.2, 0) is 25.1 Å². The number of thioether (sulfide) groups is 1. The molecule has 1 saturated carbocycles. The van der Waals surface area contributed by atoms with Crippen molar-refractivity contribution in [3.05, 3.63) is 40.4 Å². The summed E-state index contributed by atoms with van der Waals surface area (Å²) in [4.78, 5) is 4.66. The lowest BCUT2D eigenvalue weighted by Gasteiger charge is -2.16. The largest absolute Gasteiger partial charge is 0.363 e. The lowest BCUT2D eigenvalue weighted by molar-refractivity contribution is 0.373. The maximum absolute atomic E-state index is 9.36. The summed E-state index contributed by atoms with van der Waals surface area (Å²) < 4.78 is 5.37. The first-order valence-corrected chi connectivity index (χ1v) is 9.16. The van der Waals surface area contributed by atoms with Gasteiger partial charge in [0.05, 0.1) is 12.1 Å². The molecule has 2 aromatic rings. The second-order valence-electron chi connectivity index (χ2n) is 6.19. The van der Waals surface area contributed by atoms with Gasteiger partial charge in [0.2, 0.25) is 0 Å². The zero-order valence-electron chi connectivity index (χ0n) is 12.8. The zero-order chi connectivity index (χ0) is 15.6. The monoisotopic (exact) mass is 326 g/mol. The van der Waals surface area contributed by atoms with Crippen molar-refractivity contribution in [2.75, 3.05) is 11.1 Å². The second kappa shape index (κ2) is 6.25. The molecular weight excluding hydrogens is 308 g/mol. The van der Waals surface area contributed by atoms with Gasteiger partial charge < -0.3 is 9.84 Å². The first-order valence-electron chi connectivity index (χ1n) is 8.01. The van der Waals surface area contributed by atoms with Crippen molar-refractivity contribution in [1.82, 2.24) is 10.1 Å². The van der Waals surface area contributed by atoms with E-state index in [-0.39, 0.29) is 0 Å². The highest BCUT2D eigenvalue weighted by atomic mass is 32.2. The van der Waals surface area contributed by atoms with E-state index in [4.69, 9.17) is 4.52 Å². The molecule has 0 amide bonds. The summed E-state index contributed by atoms with van der Waals surface area (Å²) in [6, 6.07) is 6.22. The van der Waals surface area contributed by atoms with E-state index in [0.29, 0.717) is 17.9 Å². The van der Waals surface area contributed by atoms with E-state index in [1.165, 1.54) is 18.4 Å². The van der Waals surface area contributed by atoms with Crippen molar-refractivity contribution in [2.24, 2.45) is 5.92 Å². The van der Waals surface area contributed by atoms with Gasteiger partial charge in [-0.25, -0.2) is 4.98 Å². The van der Waals surface area contributed by atoms with Crippen molar-refractivity contribution in [3.8, 4) is 6.07 Å². The van der Waals surface area contributed by atoms with Crippen LogP contribution >= 0.6 is 11.8 Å². The number of hydrogen-bond donors (Lipinski definition) is 1. The third-order valence-corrected chi connectivity index (χ3v) is 5.29. The number of hydrogen-bond acceptors (Lipinski definition) is 6. The molecule has 0 aromatic carbocycles. The first kappa shape index (κ1) is 14.6. The van der Waals surface area contributed by atoms with Crippen LogP contribution < -0.4 is 5.32 Å². The highest BCUT2D eigenvalue weighted by Crippen LogP contribution is 2.32. The summed E-state index contributed by atoms with van der Waals surface area (Å²) in [6.07, 6.45) is 4.56. The number of nitrogens with zero attached hydrogens (tertiary/aromatic N) is 3. The molecular formula is C17H18N4OS. The number of anilines is 1. The summed E-state index contributed by atoms with van der Waals surface area (Å²) in [5.41, 5.74) is 3.77. The van der Waals surface area contributed by atoms with Crippen LogP contribution in [0.3, 0.4) is 0 Å². The SMILES string of the molecule is N#Cc1cc2c(nc1NCc1cc(CC3CC3)on1)CCSC2. The molecule has 0 radical (unpaired) electrons. The van der Waals surface area contributed by atoms with Crippen LogP contribution in [0.25, 0.3) is 0 Å². The Morgan fingerprint density at radius 1 is 1.39 bits per heavy atom. The summed E-state index contributed by atoms with van der Waals surface area (Å²) in [5, 5.41) is 16.7. The molecule has 0 atom stereocenters. The molecule has 2 aromatic heterocycles. The Hall–Kier alpha value is -2.00. The van der Waals surface area contributed by atoms with Gasteiger partial charge in [0, 0.05) is 23.9 Å². The average molecular weight is 326 g/mol. The van der Waals surface area contributed by atoms with Gasteiger partial charge in [-0.15, -0.1) is 0 Å². The molecule has 0 unspecified atom stereocenters. The van der Waals surface area contributed by atoms with Gasteiger partial charge in [-0.05, 0) is 42.6 Å². The molecule has 0 spiro atoms. The van der Waals surface area contributed by atoms with E-state index in [9.17, 15) is 5.26 Å². The number of fused-ring (bicyclic) bond motifs is 1. The van der Waals surface area contributed by atoms with Crippen LogP contribution in [0.15, 0.2) is 16.7 Å². The Morgan fingerprint density at radius 2 is 2.30 bits per heavy atom. The Labute approximate surface area is 139 Å². The average Bonchev–Trinajstić information content (AvgIpc) is 3.28. The first-order chi connectivity index (χ1) is 11.3. The number of nitriles is 1. The quantitative estimate of drug-likeness (QED) is 0.908. The minimum absolute atomic E-state index is 0.531. The van der Waals surface area contributed by atoms with Crippen LogP contribution in [0.5, 0.6) is 0 Å². The molecule has 1 aliphatic carbocycles. The molecule has 5 nitrogen and oxygen atoms in total. The summed E-state index contributed by atoms with van der Waals surface area (Å²) >= 11 is 1.89. The van der Waals surface area contributed by atoms with E-state index < -0.39 is 0 Å². The van der Waals surface area contributed by atoms with E-state index in [1.54, 1.807) is 0 Å². The number of aryl methyl sites for hydroxylation is 1. The minimum Gasteiger partial charge on any atom is -0.363 e. The van der Waals surface area contributed by atoms with Crippen LogP contribution in [-0.4, -0.2) is 15.9 Å². The summed E-state index contributed by atoms with van der Waals surface area (Å²) in [7, 11) is 0. The van der Waals surface area contributed by atoms with Gasteiger partial charge in [-0.3, -0.25) is 0 Å². The molecule has 2 aliphatic rings. The van der Waals surface area contributed by atoms with Crippen LogP contribution in [0.2, 0.25) is 0 Å². The lowest BCUT2D eigenvalue weighted by Crippen LogP contribution is -2.10. The fourth-order valence-electron chi connectivity index (χ4n) is 2.82. The minimum atomic E-state index is 0.531. The Balaban J connectivity index is 1.47. The zero-order valence-corrected chi connectivity index (χ0v) is 13.7. The molecule has 118 valence electrons. The third-order valence-electron chi connectivity index (χ3n) is 4.28. The predicted octanol–water partition coefficient (Wildman–Crippen LogP) is 3.30. The molecule has 0 bridgehead atoms. The van der Waals surface area contributed by atoms with Crippen LogP contribution in [0.1, 0.15) is 41.1 Å². The molecule has 3 heterocycles. The molecule has 23 heavy (non-hydrogen) atoms. The van der Waals surface area contributed by atoms with Gasteiger partial charge in [0.15, 0.2) is 0 Å². The van der Waals surface area contributed by atoms with E-state index in [2.05, 4.69) is 21.5 Å². The van der Waals surface area contributed by atoms with Crippen molar-refractivity contribution in [3.63, 3.8) is 0 Å². The number of nitrogens with one attached hydrogen (secondary N) is 1. The van der Waals surface area contributed by atoms with Crippen molar-refractivity contribution >= 4 is 17.6 Å². The second-order valence-corrected chi connectivity index (χ2v) is 7.30. The summed E-state index contributed by atoms with van der Waals surface area (Å²) in [5.74, 6) is 4.45. The Morgan fingerprint density at radius 3 is 3.13 bits per heavy atom. The normalized spacial score (nSPS) is 16.7. The standard InChI is InChI=1S/C17H18N4OS/c18-8-12-6-13-10-23-4-3-16(13)20-17(12)19-9-14-7-15(22-21-14)5-11-1-2-11/h6-7,11H,1-5,9-10H2,(H,19,20). The third kappa shape index (κ3) is 3.35. The maximum atomic E-state index is 9.36. The lowest BCUT2D eigenvalue weighted by atomic mass is 10.1. The van der Waals surface area contributed by atoms with Crippen molar-refractivity contribution in [2.45, 2.75) is 38.0 Å². The molecule has 1 N–H and O–H groups in total. The van der Waals surface area contributed by atoms with Crippen LogP contribution in [0.4, 0.5) is 5.82 Å². The maximum Gasteiger partial charge on any atom is 0.144 e. The topological polar surface area (TPSA) is 74.7 Å². The molecule has 1 fully saturated rings. The van der Waals surface area contributed by atoms with Crippen LogP contribution in [0, 0.1) is 17.2 Å². The fourth-order valence-corrected chi connectivity index (χ4v) is 3.77. The Kier molecular flexibility index (Phi) is 3.96. The van der Waals surface area contributed by atoms with Gasteiger partial charge >= 0.3 is 0 Å². The molecule has 0 saturated heterocycles. The fraction of sp³-hybridized carbons (Fsp3) is 0.471. The Bertz CT molecular complexity index is 760. The number of pyridine rings is 1. The smallest absolute Gasteiger partial charge is 0.144 e. The molecule has 1 aliphatic heterocycles. The number of aromatic nitrogens is 2. The highest BCUT2D eigenvalue weighted by Gasteiger charge is 2.23. The van der Waals surface area contributed by atoms with E-state index in [1.807, 2.05) is 23.9 Å². The predicted molar refractivity (Wildman–Crippen MR) is 89.1 cm³/mol. The van der Waals surface area contributed by atoms with Crippen molar-refractivity contribution < 1.29 is 4.52 Å². The van der Waals surface area contributed by atoms with Gasteiger partial charge in [0.25, 0.3) is 0 Å². The molecule has 6 heteroatoms. The van der Waals surface area contributed by atoms with E-state index in [0.717, 1.165) is 47.4 Å². The highest BCUT2D eigenvalue weighted by molar-refractivity contribution is 7.98. The van der Waals surface area contributed by atoms with Crippen molar-refractivity contribution in [1.29, 1.82) is 5.26 Å². The van der Waals surface area contributed by atoms with Gasteiger partial charge in [0.1, 0.15) is 23.3 Å². The van der Waals surface area contributed by atoms with E-state index >= 15 is 0 Å². The number of rotatable bonds is 5. The summed E-state index contributed by atoms with van der Waals surface area (Å²) in [6.45, 7) is 0.531. The van der Waals surface area contributed by atoms with Gasteiger partial charge in [-0.2, -0.15) is 17.0 Å². The molecule has 4 rings (SSSR count).